The molecule has 2 saturated heterocycles. The molecule has 2 rings (SSSR count). The van der Waals surface area contributed by atoms with Crippen LogP contribution < -0.4 is 0 Å². The summed E-state index contributed by atoms with van der Waals surface area (Å²) in [6.45, 7) is 21.3. The first-order valence-corrected chi connectivity index (χ1v) is 20.5. The zero-order valence-corrected chi connectivity index (χ0v) is 22.6. The Hall–Kier alpha value is 1.57. The van der Waals surface area contributed by atoms with Crippen LogP contribution >= 0.6 is 18.6 Å². The predicted octanol–water partition coefficient (Wildman–Crippen LogP) is 7.09. The minimum absolute atomic E-state index is 0.556. The molecule has 0 amide bonds. The Balaban J connectivity index is 0. The average Bonchev–Trinajstić information content (AvgIpc) is 3.24. The van der Waals surface area contributed by atoms with Gasteiger partial charge in [0, 0.05) is 13.2 Å². The number of ether oxygens (including phenoxy) is 2. The Morgan fingerprint density at radius 3 is 1.31 bits per heavy atom. The van der Waals surface area contributed by atoms with E-state index in [2.05, 4.69) is 49.2 Å². The molecule has 0 aliphatic carbocycles. The van der Waals surface area contributed by atoms with Gasteiger partial charge < -0.3 is 19.4 Å². The van der Waals surface area contributed by atoms with Crippen LogP contribution in [0.5, 0.6) is 0 Å². The minimum atomic E-state index is -1.16. The summed E-state index contributed by atoms with van der Waals surface area (Å²) in [5.41, 5.74) is 0. The second kappa shape index (κ2) is 19.9. The average molecular weight is 477 g/mol. The van der Waals surface area contributed by atoms with Gasteiger partial charge in [0.25, 0.3) is 0 Å². The van der Waals surface area contributed by atoms with Gasteiger partial charge in [-0.05, 0) is 0 Å². The van der Waals surface area contributed by atoms with Gasteiger partial charge in [0.1, 0.15) is 0 Å². The van der Waals surface area contributed by atoms with E-state index in [1.807, 2.05) is 13.2 Å². The van der Waals surface area contributed by atoms with Crippen LogP contribution in [0.1, 0.15) is 32.1 Å². The third-order valence-electron chi connectivity index (χ3n) is 2.89. The van der Waals surface area contributed by atoms with Crippen molar-refractivity contribution in [2.75, 3.05) is 26.3 Å². The van der Waals surface area contributed by atoms with E-state index in [0.29, 0.717) is 0 Å². The van der Waals surface area contributed by atoms with Crippen LogP contribution in [-0.4, -0.2) is 42.8 Å². The maximum absolute atomic E-state index is 4.89. The molecule has 0 radical (unpaired) electrons. The summed E-state index contributed by atoms with van der Waals surface area (Å²) in [5, 5.41) is 0. The van der Waals surface area contributed by atoms with Crippen molar-refractivity contribution in [3.8, 4) is 0 Å². The van der Waals surface area contributed by atoms with Gasteiger partial charge in [-0.1, -0.05) is 75.0 Å². The van der Waals surface area contributed by atoms with Gasteiger partial charge in [-0.25, -0.2) is 13.2 Å². The fourth-order valence-electron chi connectivity index (χ4n) is 1.73. The number of nitrogens with zero attached hydrogens (tertiary/aromatic N) is 2. The summed E-state index contributed by atoms with van der Waals surface area (Å²) in [5.74, 6) is 0. The van der Waals surface area contributed by atoms with Gasteiger partial charge >= 0.3 is 35.6 Å². The van der Waals surface area contributed by atoms with E-state index in [4.69, 9.17) is 28.1 Å². The third-order valence-corrected chi connectivity index (χ3v) is 5.24. The van der Waals surface area contributed by atoms with Crippen LogP contribution in [0.25, 0.3) is 9.96 Å². The molecule has 0 aromatic rings. The predicted molar refractivity (Wildman–Crippen MR) is 118 cm³/mol. The third kappa shape index (κ3) is 33.2. The molecule has 0 bridgehead atoms. The van der Waals surface area contributed by atoms with Crippen molar-refractivity contribution in [2.45, 2.75) is 71.4 Å². The second-order valence-corrected chi connectivity index (χ2v) is 19.8. The van der Waals surface area contributed by atoms with Crippen LogP contribution in [0.3, 0.4) is 0 Å². The van der Waals surface area contributed by atoms with Crippen LogP contribution in [0, 0.1) is 13.2 Å². The summed E-state index contributed by atoms with van der Waals surface area (Å²) in [6.07, 6.45) is 5.90. The summed E-state index contributed by atoms with van der Waals surface area (Å²) in [4.78, 5) is 9.34. The van der Waals surface area contributed by atoms with E-state index in [9.17, 15) is 0 Å². The molecule has 2 fully saturated rings. The first-order valence-electron chi connectivity index (χ1n) is 9.32. The summed E-state index contributed by atoms with van der Waals surface area (Å²) in [7, 11) is 7.46. The molecule has 0 aromatic carbocycles. The van der Waals surface area contributed by atoms with E-state index in [-0.39, 0.29) is 0 Å². The first-order chi connectivity index (χ1) is 12.1. The number of halogens is 2. The molecule has 2 aliphatic heterocycles. The van der Waals surface area contributed by atoms with E-state index >= 15 is 0 Å². The molecule has 0 spiro atoms. The van der Waals surface area contributed by atoms with Crippen LogP contribution in [0.4, 0.5) is 0 Å². The van der Waals surface area contributed by atoms with E-state index in [1.165, 1.54) is 12.8 Å². The zero-order valence-electron chi connectivity index (χ0n) is 17.5. The van der Waals surface area contributed by atoms with E-state index in [1.54, 1.807) is 0 Å². The van der Waals surface area contributed by atoms with Crippen molar-refractivity contribution < 1.29 is 26.5 Å². The maximum atomic E-state index is 4.89. The van der Waals surface area contributed by atoms with Crippen molar-refractivity contribution >= 4 is 35.1 Å². The molecular weight excluding hydrogens is 439 g/mol. The van der Waals surface area contributed by atoms with Crippen LogP contribution in [-0.2, 0) is 26.5 Å². The normalized spacial score (nSPS) is 16.8. The van der Waals surface area contributed by atoms with Gasteiger partial charge in [0.05, 0.1) is 0 Å². The Labute approximate surface area is 181 Å². The Bertz CT molecular complexity index is 246. The van der Waals surface area contributed by atoms with Gasteiger partial charge in [-0.15, -0.1) is 0 Å². The summed E-state index contributed by atoms with van der Waals surface area (Å²) in [6, 6.07) is 0. The summed E-state index contributed by atoms with van der Waals surface area (Å²) >= 11 is -0.556. The van der Waals surface area contributed by atoms with Crippen molar-refractivity contribution in [3.05, 3.63) is 23.2 Å². The molecule has 9 heteroatoms. The Morgan fingerprint density at radius 1 is 0.808 bits per heavy atom. The molecule has 2 aliphatic rings. The number of hydrogen-bond donors (Lipinski definition) is 0. The first kappa shape index (κ1) is 29.8. The van der Waals surface area contributed by atoms with Crippen molar-refractivity contribution in [1.29, 1.82) is 0 Å². The Morgan fingerprint density at radius 2 is 1.15 bits per heavy atom. The molecule has 0 N–H and O–H groups in total. The SMILES string of the molecule is C[Si](C)(C)[N-]CCC[N-][Si](C)(C)C.[CH-]1CCCO1.[CH-]1CCCO1.[Cl][Ti+4][Cl]. The second-order valence-electron chi connectivity index (χ2n) is 7.89. The van der Waals surface area contributed by atoms with Gasteiger partial charge in [0.15, 0.2) is 0 Å². The van der Waals surface area contributed by atoms with Gasteiger partial charge in [0.2, 0.25) is 0 Å². The Kier molecular flexibility index (Phi) is 22.7. The molecule has 2 heterocycles. The van der Waals surface area contributed by atoms with Crippen molar-refractivity contribution in [1.82, 2.24) is 0 Å². The molecule has 154 valence electrons. The standard InChI is InChI=1S/C9H24N2Si2.2C4H7O.2ClH.Ti/c1-12(2,3)10-8-7-9-11-13(4,5)6;2*1-2-4-5-3-1;;;/h7-9H2,1-6H3;2*3H,1-2,4H2;2*1H;/q-2;2*-1;;;+6/p-2. The molecule has 0 atom stereocenters. The van der Waals surface area contributed by atoms with Gasteiger partial charge in [-0.3, -0.25) is 0 Å². The van der Waals surface area contributed by atoms with E-state index < -0.39 is 33.5 Å². The zero-order chi connectivity index (χ0) is 20.3. The fourth-order valence-corrected chi connectivity index (χ4v) is 3.39. The van der Waals surface area contributed by atoms with Crippen molar-refractivity contribution in [3.63, 3.8) is 0 Å². The van der Waals surface area contributed by atoms with Gasteiger partial charge in [-0.2, -0.15) is 25.9 Å². The molecule has 0 saturated carbocycles. The quantitative estimate of drug-likeness (QED) is 0.233. The monoisotopic (exact) mass is 476 g/mol. The van der Waals surface area contributed by atoms with Crippen molar-refractivity contribution in [2.24, 2.45) is 0 Å². The molecule has 26 heavy (non-hydrogen) atoms. The van der Waals surface area contributed by atoms with E-state index in [0.717, 1.165) is 45.6 Å². The molecule has 4 nitrogen and oxygen atoms in total. The fraction of sp³-hybridized carbons (Fsp3) is 0.882. The van der Waals surface area contributed by atoms with Crippen LogP contribution in [0.15, 0.2) is 0 Å². The number of hydrogen-bond acceptors (Lipinski definition) is 2. The summed E-state index contributed by atoms with van der Waals surface area (Å²) < 4.78 is 9.64. The molecule has 0 unspecified atom stereocenters. The topological polar surface area (TPSA) is 46.7 Å². The molecule has 0 aromatic heterocycles. The number of rotatable bonds is 6. The molecular formula is C17H38Cl2N2O2Si2Ti. The van der Waals surface area contributed by atoms with Crippen LogP contribution in [0.2, 0.25) is 39.3 Å².